The lowest BCUT2D eigenvalue weighted by molar-refractivity contribution is -0.131. The zero-order chi connectivity index (χ0) is 13.7. The number of hydrogen-bond donors (Lipinski definition) is 1. The Bertz CT molecular complexity index is 593. The van der Waals surface area contributed by atoms with Gasteiger partial charge in [-0.1, -0.05) is 0 Å². The number of carbonyl (C=O) groups is 1. The second kappa shape index (κ2) is 6.88. The van der Waals surface area contributed by atoms with Gasteiger partial charge in [0, 0.05) is 27.4 Å². The number of hydrogen-bond acceptors (Lipinski definition) is 4. The summed E-state index contributed by atoms with van der Waals surface area (Å²) in [4.78, 5) is 15.9. The molecular weight excluding hydrogens is 346 g/mol. The van der Waals surface area contributed by atoms with Gasteiger partial charge in [-0.2, -0.15) is 0 Å². The summed E-state index contributed by atoms with van der Waals surface area (Å²) in [5.41, 5.74) is 0.923. The van der Waals surface area contributed by atoms with Crippen LogP contribution in [0, 0.1) is 0 Å². The van der Waals surface area contributed by atoms with Crippen molar-refractivity contribution in [1.29, 1.82) is 0 Å². The molecule has 0 radical (unpaired) electrons. The van der Waals surface area contributed by atoms with Gasteiger partial charge in [-0.15, -0.1) is 23.1 Å². The number of thioether (sulfide) groups is 1. The number of thiophene rings is 1. The van der Waals surface area contributed by atoms with Crippen LogP contribution in [-0.2, 0) is 10.5 Å². The second-order valence-corrected chi connectivity index (χ2v) is 6.53. The van der Waals surface area contributed by atoms with Crippen molar-refractivity contribution in [3.63, 3.8) is 0 Å². The molecule has 2 rings (SSSR count). The average molecular weight is 356 g/mol. The first kappa shape index (κ1) is 14.3. The summed E-state index contributed by atoms with van der Waals surface area (Å²) >= 11 is 6.63. The summed E-state index contributed by atoms with van der Waals surface area (Å²) in [6.07, 6.45) is 4.53. The van der Waals surface area contributed by atoms with Crippen LogP contribution < -0.4 is 0 Å². The fraction of sp³-hybridized carbons (Fsp3) is 0.0769. The molecule has 0 aromatic carbocycles. The number of pyridine rings is 1. The Morgan fingerprint density at radius 3 is 3.05 bits per heavy atom. The zero-order valence-electron chi connectivity index (χ0n) is 9.75. The number of carboxylic acids is 1. The quantitative estimate of drug-likeness (QED) is 0.641. The van der Waals surface area contributed by atoms with Crippen LogP contribution in [0.3, 0.4) is 0 Å². The fourth-order valence-corrected chi connectivity index (χ4v) is 3.31. The van der Waals surface area contributed by atoms with Crippen LogP contribution in [-0.4, -0.2) is 16.1 Å². The number of halogens is 1. The summed E-state index contributed by atoms with van der Waals surface area (Å²) in [6, 6.07) is 5.92. The van der Waals surface area contributed by atoms with Gasteiger partial charge >= 0.3 is 5.97 Å². The minimum Gasteiger partial charge on any atom is -0.478 e. The van der Waals surface area contributed by atoms with Gasteiger partial charge in [-0.3, -0.25) is 0 Å². The molecule has 0 saturated heterocycles. The molecule has 0 spiro atoms. The summed E-state index contributed by atoms with van der Waals surface area (Å²) in [5, 5.41) is 11.5. The predicted molar refractivity (Wildman–Crippen MR) is 82.5 cm³/mol. The maximum Gasteiger partial charge on any atom is 0.328 e. The highest BCUT2D eigenvalue weighted by Gasteiger charge is 2.01. The molecule has 0 saturated carbocycles. The van der Waals surface area contributed by atoms with Gasteiger partial charge in [0.05, 0.1) is 5.03 Å². The van der Waals surface area contributed by atoms with Crippen molar-refractivity contribution in [2.75, 3.05) is 0 Å². The maximum absolute atomic E-state index is 10.4. The molecule has 98 valence electrons. The predicted octanol–water partition coefficient (Wildman–Crippen LogP) is 4.30. The number of rotatable bonds is 5. The van der Waals surface area contributed by atoms with E-state index in [9.17, 15) is 4.79 Å². The first-order valence-electron chi connectivity index (χ1n) is 5.36. The Morgan fingerprint density at radius 1 is 1.53 bits per heavy atom. The van der Waals surface area contributed by atoms with Crippen LogP contribution >= 0.6 is 39.0 Å². The highest BCUT2D eigenvalue weighted by atomic mass is 79.9. The minimum atomic E-state index is -0.929. The van der Waals surface area contributed by atoms with E-state index in [0.717, 1.165) is 26.9 Å². The normalized spacial score (nSPS) is 11.0. The molecule has 0 atom stereocenters. The van der Waals surface area contributed by atoms with Crippen LogP contribution in [0.5, 0.6) is 0 Å². The monoisotopic (exact) mass is 355 g/mol. The maximum atomic E-state index is 10.4. The lowest BCUT2D eigenvalue weighted by Gasteiger charge is -1.98. The van der Waals surface area contributed by atoms with Gasteiger partial charge in [0.25, 0.3) is 0 Å². The van der Waals surface area contributed by atoms with E-state index < -0.39 is 5.97 Å². The van der Waals surface area contributed by atoms with E-state index in [1.807, 2.05) is 23.6 Å². The van der Waals surface area contributed by atoms with Crippen molar-refractivity contribution < 1.29 is 9.90 Å². The van der Waals surface area contributed by atoms with E-state index in [4.69, 9.17) is 5.11 Å². The van der Waals surface area contributed by atoms with E-state index in [0.29, 0.717) is 0 Å². The van der Waals surface area contributed by atoms with Crippen molar-refractivity contribution in [3.05, 3.63) is 50.8 Å². The van der Waals surface area contributed by atoms with Crippen LogP contribution in [0.15, 0.2) is 45.4 Å². The number of aliphatic carboxylic acids is 1. The van der Waals surface area contributed by atoms with Crippen molar-refractivity contribution in [2.45, 2.75) is 10.8 Å². The van der Waals surface area contributed by atoms with Gasteiger partial charge in [-0.25, -0.2) is 9.78 Å². The van der Waals surface area contributed by atoms with Gasteiger partial charge < -0.3 is 5.11 Å². The minimum absolute atomic E-state index is 0.834. The molecule has 0 bridgehead atoms. The van der Waals surface area contributed by atoms with Crippen LogP contribution in [0.25, 0.3) is 6.08 Å². The Balaban J connectivity index is 1.93. The highest BCUT2D eigenvalue weighted by molar-refractivity contribution is 9.10. The van der Waals surface area contributed by atoms with Crippen LogP contribution in [0.1, 0.15) is 10.4 Å². The van der Waals surface area contributed by atoms with Gasteiger partial charge in [-0.05, 0) is 51.1 Å². The molecule has 0 aliphatic carbocycles. The molecule has 2 aromatic rings. The summed E-state index contributed by atoms with van der Waals surface area (Å²) in [7, 11) is 0. The summed E-state index contributed by atoms with van der Waals surface area (Å²) < 4.78 is 0.967. The van der Waals surface area contributed by atoms with Crippen LogP contribution in [0.2, 0.25) is 0 Å². The molecule has 2 heterocycles. The van der Waals surface area contributed by atoms with Crippen molar-refractivity contribution in [1.82, 2.24) is 4.98 Å². The third-order valence-electron chi connectivity index (χ3n) is 2.15. The molecule has 0 aliphatic rings. The number of carboxylic acid groups (broad SMARTS) is 1. The van der Waals surface area contributed by atoms with Crippen LogP contribution in [0.4, 0.5) is 0 Å². The zero-order valence-corrected chi connectivity index (χ0v) is 13.0. The Kier molecular flexibility index (Phi) is 5.18. The molecule has 6 heteroatoms. The highest BCUT2D eigenvalue weighted by Crippen LogP contribution is 2.26. The number of aromatic nitrogens is 1. The van der Waals surface area contributed by atoms with Gasteiger partial charge in [0.2, 0.25) is 0 Å². The fourth-order valence-electron chi connectivity index (χ4n) is 1.32. The molecule has 0 unspecified atom stereocenters. The van der Waals surface area contributed by atoms with E-state index in [1.165, 1.54) is 4.88 Å². The van der Waals surface area contributed by atoms with Gasteiger partial charge in [0.1, 0.15) is 0 Å². The lowest BCUT2D eigenvalue weighted by Crippen LogP contribution is -1.84. The molecule has 3 nitrogen and oxygen atoms in total. The standard InChI is InChI=1S/C13H10BrNO2S2/c14-10-2-3-12(15-6-10)19-8-11-5-9(7-18-11)1-4-13(16)17/h1-7H,8H2,(H,16,17). The molecule has 0 fully saturated rings. The second-order valence-electron chi connectivity index (χ2n) is 3.62. The molecule has 19 heavy (non-hydrogen) atoms. The molecule has 2 aromatic heterocycles. The van der Waals surface area contributed by atoms with Crippen molar-refractivity contribution >= 4 is 51.1 Å². The summed E-state index contributed by atoms with van der Waals surface area (Å²) in [5.74, 6) is -0.0959. The number of nitrogens with zero attached hydrogens (tertiary/aromatic N) is 1. The van der Waals surface area contributed by atoms with Crippen molar-refractivity contribution in [2.24, 2.45) is 0 Å². The summed E-state index contributed by atoms with van der Waals surface area (Å²) in [6.45, 7) is 0. The molecule has 0 aliphatic heterocycles. The molecule has 0 amide bonds. The Labute approximate surface area is 127 Å². The smallest absolute Gasteiger partial charge is 0.328 e. The Morgan fingerprint density at radius 2 is 2.37 bits per heavy atom. The SMILES string of the molecule is O=C(O)C=Cc1csc(CSc2ccc(Br)cn2)c1. The van der Waals surface area contributed by atoms with E-state index in [2.05, 4.69) is 20.9 Å². The van der Waals surface area contributed by atoms with E-state index >= 15 is 0 Å². The van der Waals surface area contributed by atoms with E-state index in [1.54, 1.807) is 35.4 Å². The van der Waals surface area contributed by atoms with E-state index in [-0.39, 0.29) is 0 Å². The third kappa shape index (κ3) is 4.81. The van der Waals surface area contributed by atoms with Crippen molar-refractivity contribution in [3.8, 4) is 0 Å². The first-order valence-corrected chi connectivity index (χ1v) is 8.02. The lowest BCUT2D eigenvalue weighted by atomic mass is 10.3. The third-order valence-corrected chi connectivity index (χ3v) is 4.75. The topological polar surface area (TPSA) is 50.2 Å². The molecule has 1 N–H and O–H groups in total. The first-order chi connectivity index (χ1) is 9.13. The average Bonchev–Trinajstić information content (AvgIpc) is 2.84. The molecular formula is C13H10BrNO2S2. The Hall–Kier alpha value is -1.11. The van der Waals surface area contributed by atoms with Gasteiger partial charge in [0.15, 0.2) is 0 Å². The largest absolute Gasteiger partial charge is 0.478 e.